The normalized spacial score (nSPS) is 13.8. The molecule has 1 atom stereocenters. The fourth-order valence-corrected chi connectivity index (χ4v) is 3.28. The highest BCUT2D eigenvalue weighted by Crippen LogP contribution is 2.30. The van der Waals surface area contributed by atoms with Crippen molar-refractivity contribution in [1.29, 1.82) is 0 Å². The zero-order valence-corrected chi connectivity index (χ0v) is 10.4. The lowest BCUT2D eigenvalue weighted by molar-refractivity contribution is 0.331. The summed E-state index contributed by atoms with van der Waals surface area (Å²) in [6, 6.07) is 4.67. The summed E-state index contributed by atoms with van der Waals surface area (Å²) in [5.74, 6) is 0.861. The van der Waals surface area contributed by atoms with Gasteiger partial charge in [0.25, 0.3) is 0 Å². The van der Waals surface area contributed by atoms with E-state index in [1.807, 2.05) is 0 Å². The molecule has 0 aliphatic heterocycles. The van der Waals surface area contributed by atoms with Crippen LogP contribution in [-0.2, 0) is 0 Å². The Morgan fingerprint density at radius 3 is 2.58 bits per heavy atom. The van der Waals surface area contributed by atoms with E-state index >= 15 is 0 Å². The van der Waals surface area contributed by atoms with Gasteiger partial charge in [-0.2, -0.15) is 12.6 Å². The smallest absolute Gasteiger partial charge is 0.0701 e. The molecule has 68 valence electrons. The van der Waals surface area contributed by atoms with Crippen LogP contribution in [0.15, 0.2) is 15.9 Å². The summed E-state index contributed by atoms with van der Waals surface area (Å²) in [6.45, 7) is 0. The van der Waals surface area contributed by atoms with E-state index in [1.54, 1.807) is 11.3 Å². The van der Waals surface area contributed by atoms with Crippen molar-refractivity contribution in [2.24, 2.45) is 0 Å². The highest BCUT2D eigenvalue weighted by Gasteiger charge is 2.13. The van der Waals surface area contributed by atoms with Crippen molar-refractivity contribution in [3.05, 3.63) is 20.8 Å². The standard InChI is InChI=1S/C8H12BrNS2/c1-10(2)6(5-11)7-3-4-8(9)12-7/h3-4,6,11H,5H2,1-2H3. The molecule has 0 saturated carbocycles. The van der Waals surface area contributed by atoms with Gasteiger partial charge in [-0.1, -0.05) is 0 Å². The fourth-order valence-electron chi connectivity index (χ4n) is 1.02. The Labute approximate surface area is 91.3 Å². The van der Waals surface area contributed by atoms with E-state index in [-0.39, 0.29) is 0 Å². The molecule has 0 N–H and O–H groups in total. The minimum atomic E-state index is 0.435. The van der Waals surface area contributed by atoms with Crippen LogP contribution in [0.1, 0.15) is 10.9 Å². The van der Waals surface area contributed by atoms with Crippen LogP contribution in [0.25, 0.3) is 0 Å². The second kappa shape index (κ2) is 4.65. The molecule has 12 heavy (non-hydrogen) atoms. The van der Waals surface area contributed by atoms with Crippen LogP contribution < -0.4 is 0 Å². The highest BCUT2D eigenvalue weighted by atomic mass is 79.9. The third kappa shape index (κ3) is 2.49. The minimum absolute atomic E-state index is 0.435. The summed E-state index contributed by atoms with van der Waals surface area (Å²) >= 11 is 9.55. The Balaban J connectivity index is 2.80. The highest BCUT2D eigenvalue weighted by molar-refractivity contribution is 9.11. The predicted octanol–water partition coefficient (Wildman–Crippen LogP) is 3.04. The van der Waals surface area contributed by atoms with Crippen molar-refractivity contribution in [2.45, 2.75) is 6.04 Å². The van der Waals surface area contributed by atoms with Crippen LogP contribution >= 0.6 is 39.9 Å². The first-order valence-corrected chi connectivity index (χ1v) is 5.92. The second-order valence-electron chi connectivity index (χ2n) is 2.80. The van der Waals surface area contributed by atoms with Crippen molar-refractivity contribution in [1.82, 2.24) is 4.90 Å². The van der Waals surface area contributed by atoms with Gasteiger partial charge in [0.05, 0.1) is 9.83 Å². The van der Waals surface area contributed by atoms with E-state index in [0.29, 0.717) is 6.04 Å². The van der Waals surface area contributed by atoms with Crippen molar-refractivity contribution < 1.29 is 0 Å². The molecule has 1 rings (SSSR count). The number of halogens is 1. The molecule has 0 aromatic carbocycles. The van der Waals surface area contributed by atoms with Crippen molar-refractivity contribution >= 4 is 39.9 Å². The summed E-state index contributed by atoms with van der Waals surface area (Å²) < 4.78 is 1.19. The Morgan fingerprint density at radius 2 is 2.25 bits per heavy atom. The average Bonchev–Trinajstić information content (AvgIpc) is 2.37. The molecule has 0 spiro atoms. The van der Waals surface area contributed by atoms with Crippen LogP contribution in [0.3, 0.4) is 0 Å². The van der Waals surface area contributed by atoms with Crippen LogP contribution in [-0.4, -0.2) is 24.7 Å². The molecule has 1 aromatic rings. The molecule has 1 nitrogen and oxygen atoms in total. The van der Waals surface area contributed by atoms with Gasteiger partial charge < -0.3 is 4.90 Å². The first-order valence-electron chi connectivity index (χ1n) is 3.67. The van der Waals surface area contributed by atoms with E-state index in [9.17, 15) is 0 Å². The Kier molecular flexibility index (Phi) is 4.10. The maximum Gasteiger partial charge on any atom is 0.0701 e. The summed E-state index contributed by atoms with van der Waals surface area (Å²) in [5, 5.41) is 0. The summed E-state index contributed by atoms with van der Waals surface area (Å²) in [4.78, 5) is 3.55. The van der Waals surface area contributed by atoms with Crippen LogP contribution in [0.5, 0.6) is 0 Å². The third-order valence-corrected chi connectivity index (χ3v) is 3.79. The molecule has 1 aromatic heterocycles. The largest absolute Gasteiger partial charge is 0.301 e. The Morgan fingerprint density at radius 1 is 1.58 bits per heavy atom. The van der Waals surface area contributed by atoms with E-state index in [0.717, 1.165) is 5.75 Å². The summed E-state index contributed by atoms with van der Waals surface area (Å²) in [7, 11) is 4.16. The van der Waals surface area contributed by atoms with Crippen LogP contribution in [0.4, 0.5) is 0 Å². The fraction of sp³-hybridized carbons (Fsp3) is 0.500. The Bertz CT molecular complexity index is 247. The van der Waals surface area contributed by atoms with Gasteiger partial charge in [0.1, 0.15) is 0 Å². The maximum atomic E-state index is 4.33. The van der Waals surface area contributed by atoms with Crippen LogP contribution in [0.2, 0.25) is 0 Å². The van der Waals surface area contributed by atoms with Crippen molar-refractivity contribution in [3.63, 3.8) is 0 Å². The third-order valence-electron chi connectivity index (χ3n) is 1.72. The van der Waals surface area contributed by atoms with Crippen molar-refractivity contribution in [2.75, 3.05) is 19.8 Å². The minimum Gasteiger partial charge on any atom is -0.301 e. The number of hydrogen-bond acceptors (Lipinski definition) is 3. The van der Waals surface area contributed by atoms with E-state index in [4.69, 9.17) is 0 Å². The summed E-state index contributed by atoms with van der Waals surface area (Å²) in [6.07, 6.45) is 0. The predicted molar refractivity (Wildman–Crippen MR) is 62.3 cm³/mol. The Hall–Kier alpha value is 0.490. The lowest BCUT2D eigenvalue weighted by Crippen LogP contribution is -2.20. The monoisotopic (exact) mass is 265 g/mol. The quantitative estimate of drug-likeness (QED) is 0.823. The van der Waals surface area contributed by atoms with Gasteiger partial charge >= 0.3 is 0 Å². The molecule has 0 saturated heterocycles. The van der Waals surface area contributed by atoms with E-state index in [2.05, 4.69) is 59.7 Å². The topological polar surface area (TPSA) is 3.24 Å². The second-order valence-corrected chi connectivity index (χ2v) is 5.66. The van der Waals surface area contributed by atoms with E-state index < -0.39 is 0 Å². The van der Waals surface area contributed by atoms with Gasteiger partial charge in [0.15, 0.2) is 0 Å². The molecule has 0 aliphatic rings. The molecule has 4 heteroatoms. The number of nitrogens with zero attached hydrogens (tertiary/aromatic N) is 1. The lowest BCUT2D eigenvalue weighted by Gasteiger charge is -2.20. The molecule has 0 radical (unpaired) electrons. The van der Waals surface area contributed by atoms with Gasteiger partial charge in [-0.3, -0.25) is 0 Å². The lowest BCUT2D eigenvalue weighted by atomic mass is 10.2. The molecule has 1 unspecified atom stereocenters. The van der Waals surface area contributed by atoms with E-state index in [1.165, 1.54) is 8.66 Å². The zero-order valence-electron chi connectivity index (χ0n) is 7.12. The van der Waals surface area contributed by atoms with Gasteiger partial charge in [0, 0.05) is 10.6 Å². The van der Waals surface area contributed by atoms with Crippen LogP contribution in [0, 0.1) is 0 Å². The average molecular weight is 266 g/mol. The molecule has 0 fully saturated rings. The molecule has 0 aliphatic carbocycles. The van der Waals surface area contributed by atoms with Gasteiger partial charge in [-0.25, -0.2) is 0 Å². The molecule has 0 amide bonds. The molecule has 0 bridgehead atoms. The van der Waals surface area contributed by atoms with Gasteiger partial charge in [0.2, 0.25) is 0 Å². The van der Waals surface area contributed by atoms with Gasteiger partial charge in [-0.15, -0.1) is 11.3 Å². The SMILES string of the molecule is CN(C)C(CS)c1ccc(Br)s1. The zero-order chi connectivity index (χ0) is 9.14. The number of rotatable bonds is 3. The van der Waals surface area contributed by atoms with Crippen molar-refractivity contribution in [3.8, 4) is 0 Å². The first kappa shape index (κ1) is 10.6. The first-order chi connectivity index (χ1) is 5.65. The molecular formula is C8H12BrNS2. The molecule has 1 heterocycles. The van der Waals surface area contributed by atoms with Gasteiger partial charge in [-0.05, 0) is 42.2 Å². The summed E-state index contributed by atoms with van der Waals surface area (Å²) in [5.41, 5.74) is 0. The molecular weight excluding hydrogens is 254 g/mol. The number of hydrogen-bond donors (Lipinski definition) is 1. The number of thiol groups is 1. The maximum absolute atomic E-state index is 4.33. The number of thiophene rings is 1.